The molecule has 0 spiro atoms. The number of aromatic nitrogens is 4. The molecule has 142 valence electrons. The molecule has 0 amide bonds. The maximum absolute atomic E-state index is 13.3. The molecule has 2 aromatic heterocycles. The molecule has 1 aliphatic rings. The second-order valence-corrected chi connectivity index (χ2v) is 8.32. The Morgan fingerprint density at radius 1 is 1.26 bits per heavy atom. The predicted molar refractivity (Wildman–Crippen MR) is 111 cm³/mol. The molecular weight excluding hydrogens is 380 g/mol. The van der Waals surface area contributed by atoms with Gasteiger partial charge in [0.25, 0.3) is 5.56 Å². The van der Waals surface area contributed by atoms with Gasteiger partial charge in [0.05, 0.1) is 16.7 Å². The molecule has 0 N–H and O–H groups in total. The van der Waals surface area contributed by atoms with E-state index in [0.717, 1.165) is 30.4 Å². The van der Waals surface area contributed by atoms with Crippen molar-refractivity contribution in [2.45, 2.75) is 62.5 Å². The van der Waals surface area contributed by atoms with Crippen molar-refractivity contribution in [1.82, 2.24) is 19.1 Å². The van der Waals surface area contributed by atoms with Gasteiger partial charge in [0.1, 0.15) is 5.82 Å². The standard InChI is InChI=1S/C20H23ClN4OS/c1-2-24-11-10-22-18(24)13-27-20-23-17-12-14(21)8-9-16(17)19(26)25(20)15-6-4-3-5-7-15/h8-12,15H,2-7,13H2,1H3. The van der Waals surface area contributed by atoms with Crippen LogP contribution in [0.2, 0.25) is 5.02 Å². The van der Waals surface area contributed by atoms with Gasteiger partial charge in [0.2, 0.25) is 0 Å². The molecule has 27 heavy (non-hydrogen) atoms. The fourth-order valence-electron chi connectivity index (χ4n) is 3.81. The number of imidazole rings is 1. The second kappa shape index (κ2) is 8.07. The average molecular weight is 403 g/mol. The van der Waals surface area contributed by atoms with Gasteiger partial charge in [-0.1, -0.05) is 42.6 Å². The van der Waals surface area contributed by atoms with Crippen LogP contribution >= 0.6 is 23.4 Å². The van der Waals surface area contributed by atoms with Crippen LogP contribution in [0, 0.1) is 0 Å². The molecule has 0 bridgehead atoms. The molecule has 0 aliphatic heterocycles. The molecular formula is C20H23ClN4OS. The van der Waals surface area contributed by atoms with Crippen molar-refractivity contribution in [3.8, 4) is 0 Å². The number of rotatable bonds is 5. The Kier molecular flexibility index (Phi) is 5.55. The van der Waals surface area contributed by atoms with Crippen molar-refractivity contribution in [2.24, 2.45) is 0 Å². The average Bonchev–Trinajstić information content (AvgIpc) is 3.14. The van der Waals surface area contributed by atoms with E-state index in [1.807, 2.05) is 17.0 Å². The molecule has 0 saturated heterocycles. The summed E-state index contributed by atoms with van der Waals surface area (Å²) in [5.74, 6) is 1.68. The maximum atomic E-state index is 13.3. The Morgan fingerprint density at radius 3 is 2.85 bits per heavy atom. The summed E-state index contributed by atoms with van der Waals surface area (Å²) in [4.78, 5) is 22.6. The minimum absolute atomic E-state index is 0.0462. The minimum atomic E-state index is 0.0462. The molecule has 7 heteroatoms. The maximum Gasteiger partial charge on any atom is 0.262 e. The molecule has 1 aliphatic carbocycles. The van der Waals surface area contributed by atoms with Crippen molar-refractivity contribution < 1.29 is 0 Å². The highest BCUT2D eigenvalue weighted by Gasteiger charge is 2.22. The fraction of sp³-hybridized carbons (Fsp3) is 0.450. The Labute approximate surface area is 167 Å². The van der Waals surface area contributed by atoms with Gasteiger partial charge in [-0.2, -0.15) is 0 Å². The van der Waals surface area contributed by atoms with Crippen LogP contribution in [-0.4, -0.2) is 19.1 Å². The van der Waals surface area contributed by atoms with Crippen LogP contribution in [0.3, 0.4) is 0 Å². The van der Waals surface area contributed by atoms with E-state index in [9.17, 15) is 4.79 Å². The largest absolute Gasteiger partial charge is 0.335 e. The molecule has 1 saturated carbocycles. The highest BCUT2D eigenvalue weighted by atomic mass is 35.5. The summed E-state index contributed by atoms with van der Waals surface area (Å²) in [6.45, 7) is 2.98. The third-order valence-corrected chi connectivity index (χ3v) is 6.43. The normalized spacial score (nSPS) is 15.5. The van der Waals surface area contributed by atoms with Gasteiger partial charge in [0, 0.05) is 30.0 Å². The van der Waals surface area contributed by atoms with Gasteiger partial charge in [-0.25, -0.2) is 9.97 Å². The molecule has 3 aromatic rings. The lowest BCUT2D eigenvalue weighted by Gasteiger charge is -2.26. The van der Waals surface area contributed by atoms with Crippen LogP contribution in [0.25, 0.3) is 10.9 Å². The van der Waals surface area contributed by atoms with Gasteiger partial charge >= 0.3 is 0 Å². The lowest BCUT2D eigenvalue weighted by atomic mass is 9.95. The first-order valence-electron chi connectivity index (χ1n) is 9.52. The molecule has 0 radical (unpaired) electrons. The Hall–Kier alpha value is -1.79. The number of hydrogen-bond acceptors (Lipinski definition) is 4. The fourth-order valence-corrected chi connectivity index (χ4v) is 5.01. The first-order chi connectivity index (χ1) is 13.2. The van der Waals surface area contributed by atoms with Crippen molar-refractivity contribution >= 4 is 34.3 Å². The summed E-state index contributed by atoms with van der Waals surface area (Å²) in [6.07, 6.45) is 9.47. The van der Waals surface area contributed by atoms with Crippen LogP contribution in [0.15, 0.2) is 40.5 Å². The van der Waals surface area contributed by atoms with Gasteiger partial charge in [-0.3, -0.25) is 9.36 Å². The van der Waals surface area contributed by atoms with Crippen molar-refractivity contribution in [2.75, 3.05) is 0 Å². The zero-order chi connectivity index (χ0) is 18.8. The Morgan fingerprint density at radius 2 is 2.07 bits per heavy atom. The first kappa shape index (κ1) is 18.6. The molecule has 0 unspecified atom stereocenters. The van der Waals surface area contributed by atoms with E-state index in [1.54, 1.807) is 30.0 Å². The second-order valence-electron chi connectivity index (χ2n) is 6.94. The third-order valence-electron chi connectivity index (χ3n) is 5.24. The lowest BCUT2D eigenvalue weighted by molar-refractivity contribution is 0.326. The summed E-state index contributed by atoms with van der Waals surface area (Å²) < 4.78 is 4.05. The van der Waals surface area contributed by atoms with Gasteiger partial charge in [0.15, 0.2) is 5.16 Å². The highest BCUT2D eigenvalue weighted by molar-refractivity contribution is 7.98. The van der Waals surface area contributed by atoms with Crippen LogP contribution in [0.4, 0.5) is 0 Å². The predicted octanol–water partition coefficient (Wildman–Crippen LogP) is 5.06. The minimum Gasteiger partial charge on any atom is -0.335 e. The molecule has 2 heterocycles. The topological polar surface area (TPSA) is 52.7 Å². The first-order valence-corrected chi connectivity index (χ1v) is 10.9. The third kappa shape index (κ3) is 3.78. The number of aryl methyl sites for hydroxylation is 1. The number of hydrogen-bond donors (Lipinski definition) is 0. The molecule has 1 aromatic carbocycles. The van der Waals surface area contributed by atoms with Crippen molar-refractivity contribution in [3.05, 3.63) is 51.8 Å². The molecule has 1 fully saturated rings. The Balaban J connectivity index is 1.77. The molecule has 5 nitrogen and oxygen atoms in total. The van der Waals surface area contributed by atoms with Gasteiger partial charge in [-0.15, -0.1) is 0 Å². The van der Waals surface area contributed by atoms with Crippen LogP contribution < -0.4 is 5.56 Å². The van der Waals surface area contributed by atoms with Crippen LogP contribution in [0.1, 0.15) is 50.9 Å². The summed E-state index contributed by atoms with van der Waals surface area (Å²) in [7, 11) is 0. The summed E-state index contributed by atoms with van der Waals surface area (Å²) >= 11 is 7.73. The number of thioether (sulfide) groups is 1. The SMILES string of the molecule is CCn1ccnc1CSc1nc2cc(Cl)ccc2c(=O)n1C1CCCCC1. The van der Waals surface area contributed by atoms with E-state index in [4.69, 9.17) is 16.6 Å². The highest BCUT2D eigenvalue weighted by Crippen LogP contribution is 2.32. The zero-order valence-corrected chi connectivity index (χ0v) is 17.0. The summed E-state index contributed by atoms with van der Waals surface area (Å²) in [6, 6.07) is 5.57. The van der Waals surface area contributed by atoms with Crippen LogP contribution in [0.5, 0.6) is 0 Å². The Bertz CT molecular complexity index is 1010. The monoisotopic (exact) mass is 402 g/mol. The van der Waals surface area contributed by atoms with E-state index in [1.165, 1.54) is 19.3 Å². The van der Waals surface area contributed by atoms with Crippen molar-refractivity contribution in [3.63, 3.8) is 0 Å². The van der Waals surface area contributed by atoms with Crippen LogP contribution in [-0.2, 0) is 12.3 Å². The van der Waals surface area contributed by atoms with Crippen molar-refractivity contribution in [1.29, 1.82) is 0 Å². The molecule has 4 rings (SSSR count). The van der Waals surface area contributed by atoms with Gasteiger partial charge in [-0.05, 0) is 38.0 Å². The van der Waals surface area contributed by atoms with E-state index >= 15 is 0 Å². The number of benzene rings is 1. The summed E-state index contributed by atoms with van der Waals surface area (Å²) in [5, 5.41) is 2.01. The quantitative estimate of drug-likeness (QED) is 0.442. The number of fused-ring (bicyclic) bond motifs is 1. The van der Waals surface area contributed by atoms with E-state index < -0.39 is 0 Å². The smallest absolute Gasteiger partial charge is 0.262 e. The summed E-state index contributed by atoms with van der Waals surface area (Å²) in [5.41, 5.74) is 0.714. The lowest BCUT2D eigenvalue weighted by Crippen LogP contribution is -2.29. The van der Waals surface area contributed by atoms with E-state index in [2.05, 4.69) is 16.5 Å². The molecule has 0 atom stereocenters. The van der Waals surface area contributed by atoms with E-state index in [-0.39, 0.29) is 11.6 Å². The number of halogens is 1. The van der Waals surface area contributed by atoms with E-state index in [0.29, 0.717) is 21.7 Å². The number of nitrogens with zero attached hydrogens (tertiary/aromatic N) is 4. The van der Waals surface area contributed by atoms with Gasteiger partial charge < -0.3 is 4.57 Å². The zero-order valence-electron chi connectivity index (χ0n) is 15.4.